The molecule has 0 bridgehead atoms. The lowest BCUT2D eigenvalue weighted by Gasteiger charge is -2.27. The number of nitrogens with zero attached hydrogens (tertiary/aromatic N) is 8. The maximum absolute atomic E-state index is 11.3. The highest BCUT2D eigenvalue weighted by Gasteiger charge is 2.28. The fourth-order valence-corrected chi connectivity index (χ4v) is 4.11. The summed E-state index contributed by atoms with van der Waals surface area (Å²) in [4.78, 5) is 17.6. The van der Waals surface area contributed by atoms with Crippen LogP contribution in [0, 0.1) is 12.8 Å². The van der Waals surface area contributed by atoms with Gasteiger partial charge in [-0.25, -0.2) is 9.67 Å². The monoisotopic (exact) mass is 469 g/mol. The molecule has 0 saturated heterocycles. The Labute approximate surface area is 197 Å². The first kappa shape index (κ1) is 23.6. The number of aromatic nitrogens is 8. The fraction of sp³-hybridized carbons (Fsp3) is 0.591. The molecular weight excluding hydrogens is 438 g/mol. The van der Waals surface area contributed by atoms with Gasteiger partial charge in [-0.3, -0.25) is 4.79 Å². The lowest BCUT2D eigenvalue weighted by Crippen LogP contribution is -2.29. The number of rotatable bonds is 10. The molecule has 0 aromatic carbocycles. The van der Waals surface area contributed by atoms with E-state index >= 15 is 0 Å². The van der Waals surface area contributed by atoms with Gasteiger partial charge < -0.3 is 15.2 Å². The molecule has 1 aliphatic carbocycles. The molecule has 12 heteroatoms. The number of tetrazole rings is 1. The topological polar surface area (TPSA) is 146 Å². The second-order valence-corrected chi connectivity index (χ2v) is 8.65. The van der Waals surface area contributed by atoms with Crippen molar-refractivity contribution in [3.63, 3.8) is 0 Å². The van der Waals surface area contributed by atoms with E-state index in [1.54, 1.807) is 9.48 Å². The normalized spacial score (nSPS) is 18.1. The van der Waals surface area contributed by atoms with Crippen molar-refractivity contribution >= 4 is 11.9 Å². The molecule has 2 atom stereocenters. The van der Waals surface area contributed by atoms with Crippen LogP contribution in [0.4, 0.5) is 5.95 Å². The van der Waals surface area contributed by atoms with E-state index in [0.29, 0.717) is 42.5 Å². The van der Waals surface area contributed by atoms with Crippen LogP contribution in [0.5, 0.6) is 5.75 Å². The summed E-state index contributed by atoms with van der Waals surface area (Å²) in [6.45, 7) is 5.14. The van der Waals surface area contributed by atoms with Crippen LogP contribution in [0.25, 0.3) is 11.4 Å². The van der Waals surface area contributed by atoms with Crippen molar-refractivity contribution in [2.45, 2.75) is 71.6 Å². The van der Waals surface area contributed by atoms with Crippen molar-refractivity contribution in [1.29, 1.82) is 0 Å². The van der Waals surface area contributed by atoms with E-state index in [2.05, 4.69) is 38.0 Å². The highest BCUT2D eigenvalue weighted by atomic mass is 16.5. The summed E-state index contributed by atoms with van der Waals surface area (Å²) < 4.78 is 7.82. The van der Waals surface area contributed by atoms with Gasteiger partial charge in [-0.1, -0.05) is 23.7 Å². The van der Waals surface area contributed by atoms with Gasteiger partial charge in [0.15, 0.2) is 0 Å². The number of hydrogen-bond donors (Lipinski definition) is 2. The summed E-state index contributed by atoms with van der Waals surface area (Å²) >= 11 is 0. The third-order valence-electron chi connectivity index (χ3n) is 6.07. The second kappa shape index (κ2) is 10.6. The molecule has 3 aromatic rings. The Bertz CT molecular complexity index is 1130. The van der Waals surface area contributed by atoms with Crippen molar-refractivity contribution in [1.82, 2.24) is 40.2 Å². The summed E-state index contributed by atoms with van der Waals surface area (Å²) in [5.41, 5.74) is 2.90. The van der Waals surface area contributed by atoms with Crippen molar-refractivity contribution in [2.24, 2.45) is 13.0 Å². The number of pyridine rings is 1. The standard InChI is InChI=1S/C22H31N9O3/c1-4-5-11-31-27-22(26-29-31)23-13-18-20(25-28-30(18)3)17-9-10-19(14(2)24-17)34-16-8-6-7-15(12-16)21(32)33/h9-10,15-16H,4-8,11-13H2,1-3H3,(H,23,27)(H,32,33)/t15-,16-/m0/s1. The van der Waals surface area contributed by atoms with Gasteiger partial charge in [0, 0.05) is 7.05 Å². The van der Waals surface area contributed by atoms with Crippen LogP contribution >= 0.6 is 0 Å². The highest BCUT2D eigenvalue weighted by molar-refractivity contribution is 5.70. The molecule has 1 aliphatic rings. The molecular formula is C22H31N9O3. The maximum atomic E-state index is 11.3. The number of carboxylic acids is 1. The number of ether oxygens (including phenoxy) is 1. The van der Waals surface area contributed by atoms with Crippen molar-refractivity contribution in [3.05, 3.63) is 23.5 Å². The predicted octanol–water partition coefficient (Wildman–Crippen LogP) is 2.61. The number of anilines is 1. The Morgan fingerprint density at radius 3 is 2.88 bits per heavy atom. The van der Waals surface area contributed by atoms with Crippen molar-refractivity contribution in [3.8, 4) is 17.1 Å². The van der Waals surface area contributed by atoms with E-state index in [1.807, 2.05) is 26.1 Å². The summed E-state index contributed by atoms with van der Waals surface area (Å²) in [5.74, 6) is 0.0178. The molecule has 3 aromatic heterocycles. The Morgan fingerprint density at radius 2 is 2.12 bits per heavy atom. The average Bonchev–Trinajstić information content (AvgIpc) is 3.44. The van der Waals surface area contributed by atoms with Gasteiger partial charge in [-0.15, -0.1) is 10.2 Å². The zero-order chi connectivity index (χ0) is 24.1. The lowest BCUT2D eigenvalue weighted by molar-refractivity contribution is -0.143. The summed E-state index contributed by atoms with van der Waals surface area (Å²) in [6, 6.07) is 3.72. The summed E-state index contributed by atoms with van der Waals surface area (Å²) in [7, 11) is 1.82. The molecule has 2 N–H and O–H groups in total. The Balaban J connectivity index is 1.44. The van der Waals surface area contributed by atoms with Gasteiger partial charge >= 0.3 is 5.97 Å². The first-order valence-corrected chi connectivity index (χ1v) is 11.7. The third kappa shape index (κ3) is 5.49. The highest BCUT2D eigenvalue weighted by Crippen LogP contribution is 2.30. The van der Waals surface area contributed by atoms with E-state index in [4.69, 9.17) is 9.72 Å². The molecule has 0 aliphatic heterocycles. The minimum Gasteiger partial charge on any atom is -0.489 e. The van der Waals surface area contributed by atoms with Gasteiger partial charge in [0.25, 0.3) is 5.95 Å². The Hall–Kier alpha value is -3.57. The van der Waals surface area contributed by atoms with Crippen LogP contribution in [-0.4, -0.2) is 57.4 Å². The molecule has 1 saturated carbocycles. The van der Waals surface area contributed by atoms with Crippen LogP contribution in [0.3, 0.4) is 0 Å². The molecule has 0 radical (unpaired) electrons. The average molecular weight is 470 g/mol. The van der Waals surface area contributed by atoms with Crippen LogP contribution in [0.15, 0.2) is 12.1 Å². The molecule has 12 nitrogen and oxygen atoms in total. The number of nitrogens with one attached hydrogen (secondary N) is 1. The SMILES string of the molecule is CCCCn1nnc(NCc2c(-c3ccc(O[C@H]4CCC[C@H](C(=O)O)C4)c(C)n3)nnn2C)n1. The fourth-order valence-electron chi connectivity index (χ4n) is 4.11. The van der Waals surface area contributed by atoms with E-state index < -0.39 is 5.97 Å². The molecule has 4 rings (SSSR count). The van der Waals surface area contributed by atoms with Crippen molar-refractivity contribution < 1.29 is 14.6 Å². The first-order valence-electron chi connectivity index (χ1n) is 11.7. The number of carboxylic acid groups (broad SMARTS) is 1. The Kier molecular flexibility index (Phi) is 7.33. The molecule has 0 amide bonds. The number of aliphatic carboxylic acids is 1. The smallest absolute Gasteiger partial charge is 0.306 e. The number of carbonyl (C=O) groups is 1. The van der Waals surface area contributed by atoms with E-state index in [-0.39, 0.29) is 12.0 Å². The van der Waals surface area contributed by atoms with Gasteiger partial charge in [-0.05, 0) is 56.4 Å². The third-order valence-corrected chi connectivity index (χ3v) is 6.07. The quantitative estimate of drug-likeness (QED) is 0.454. The van der Waals surface area contributed by atoms with Crippen LogP contribution in [-0.2, 0) is 24.9 Å². The zero-order valence-corrected chi connectivity index (χ0v) is 19.8. The van der Waals surface area contributed by atoms with Gasteiger partial charge in [0.05, 0.1) is 42.2 Å². The predicted molar refractivity (Wildman–Crippen MR) is 123 cm³/mol. The first-order chi connectivity index (χ1) is 16.4. The maximum Gasteiger partial charge on any atom is 0.306 e. The number of hydrogen-bond acceptors (Lipinski definition) is 9. The molecule has 182 valence electrons. The zero-order valence-electron chi connectivity index (χ0n) is 19.8. The van der Waals surface area contributed by atoms with E-state index in [0.717, 1.165) is 43.6 Å². The summed E-state index contributed by atoms with van der Waals surface area (Å²) in [5, 5.41) is 33.4. The molecule has 0 spiro atoms. The summed E-state index contributed by atoms with van der Waals surface area (Å²) in [6.07, 6.45) is 4.87. The molecule has 34 heavy (non-hydrogen) atoms. The van der Waals surface area contributed by atoms with Crippen LogP contribution in [0.2, 0.25) is 0 Å². The number of unbranched alkanes of at least 4 members (excludes halogenated alkanes) is 1. The van der Waals surface area contributed by atoms with Gasteiger partial charge in [-0.2, -0.15) is 4.80 Å². The van der Waals surface area contributed by atoms with E-state index in [1.165, 1.54) is 0 Å². The largest absolute Gasteiger partial charge is 0.489 e. The minimum atomic E-state index is -0.749. The van der Waals surface area contributed by atoms with Gasteiger partial charge in [0.2, 0.25) is 0 Å². The number of aryl methyl sites for hydroxylation is 3. The molecule has 0 unspecified atom stereocenters. The lowest BCUT2D eigenvalue weighted by atomic mass is 9.87. The molecule has 1 fully saturated rings. The van der Waals surface area contributed by atoms with Gasteiger partial charge in [0.1, 0.15) is 11.4 Å². The molecule has 3 heterocycles. The minimum absolute atomic E-state index is 0.115. The van der Waals surface area contributed by atoms with Crippen LogP contribution < -0.4 is 10.1 Å². The van der Waals surface area contributed by atoms with E-state index in [9.17, 15) is 9.90 Å². The second-order valence-electron chi connectivity index (χ2n) is 8.65. The van der Waals surface area contributed by atoms with Crippen molar-refractivity contribution in [2.75, 3.05) is 5.32 Å². The Morgan fingerprint density at radius 1 is 1.26 bits per heavy atom. The van der Waals surface area contributed by atoms with Crippen LogP contribution in [0.1, 0.15) is 56.8 Å².